The predicted molar refractivity (Wildman–Crippen MR) is 65.1 cm³/mol. The molecular weight excluding hydrogens is 220 g/mol. The number of nitrogens with zero attached hydrogens (tertiary/aromatic N) is 1. The summed E-state index contributed by atoms with van der Waals surface area (Å²) in [4.78, 5) is 24.2. The average molecular weight is 242 g/mol. The second-order valence-corrected chi connectivity index (χ2v) is 4.48. The summed E-state index contributed by atoms with van der Waals surface area (Å²) in [5, 5.41) is 2.99. The molecule has 2 amide bonds. The van der Waals surface area contributed by atoms with Crippen LogP contribution >= 0.6 is 0 Å². The normalized spacial score (nSPS) is 17.9. The highest BCUT2D eigenvalue weighted by Crippen LogP contribution is 2.09. The van der Waals surface area contributed by atoms with E-state index in [1.807, 2.05) is 4.90 Å². The molecule has 6 nitrogen and oxygen atoms in total. The van der Waals surface area contributed by atoms with Crippen molar-refractivity contribution in [3.8, 4) is 0 Å². The van der Waals surface area contributed by atoms with Gasteiger partial charge in [0.05, 0.1) is 6.54 Å². The number of primary amides is 1. The van der Waals surface area contributed by atoms with Crippen LogP contribution in [0.1, 0.15) is 25.7 Å². The monoisotopic (exact) mass is 242 g/mol. The van der Waals surface area contributed by atoms with E-state index in [9.17, 15) is 9.59 Å². The second-order valence-electron chi connectivity index (χ2n) is 4.48. The summed E-state index contributed by atoms with van der Waals surface area (Å²) in [6, 6.07) is 0.226. The molecule has 1 aliphatic rings. The Balaban J connectivity index is 2.18. The number of carbonyl (C=O) groups excluding carboxylic acids is 2. The van der Waals surface area contributed by atoms with Crippen molar-refractivity contribution in [1.29, 1.82) is 0 Å². The minimum atomic E-state index is -0.296. The molecule has 17 heavy (non-hydrogen) atoms. The number of amides is 2. The van der Waals surface area contributed by atoms with E-state index in [2.05, 4.69) is 5.32 Å². The van der Waals surface area contributed by atoms with Crippen molar-refractivity contribution in [1.82, 2.24) is 10.2 Å². The van der Waals surface area contributed by atoms with Crippen molar-refractivity contribution in [3.63, 3.8) is 0 Å². The van der Waals surface area contributed by atoms with Crippen molar-refractivity contribution in [2.75, 3.05) is 26.2 Å². The van der Waals surface area contributed by atoms with Gasteiger partial charge in [0.2, 0.25) is 11.8 Å². The molecule has 1 aliphatic heterocycles. The molecule has 1 heterocycles. The zero-order chi connectivity index (χ0) is 12.7. The maximum Gasteiger partial charge on any atom is 0.231 e. The Morgan fingerprint density at radius 1 is 1.29 bits per heavy atom. The van der Waals surface area contributed by atoms with Crippen LogP contribution in [0.3, 0.4) is 0 Å². The molecule has 0 aliphatic carbocycles. The fourth-order valence-corrected chi connectivity index (χ4v) is 2.02. The fourth-order valence-electron chi connectivity index (χ4n) is 2.02. The van der Waals surface area contributed by atoms with Crippen LogP contribution in [0.5, 0.6) is 0 Å². The summed E-state index contributed by atoms with van der Waals surface area (Å²) in [6.45, 7) is 2.48. The van der Waals surface area contributed by atoms with Crippen molar-refractivity contribution >= 4 is 11.8 Å². The summed E-state index contributed by atoms with van der Waals surface area (Å²) < 4.78 is 0. The van der Waals surface area contributed by atoms with Crippen molar-refractivity contribution in [2.24, 2.45) is 11.5 Å². The lowest BCUT2D eigenvalue weighted by Crippen LogP contribution is -2.46. The Hall–Kier alpha value is -1.14. The lowest BCUT2D eigenvalue weighted by molar-refractivity contribution is -0.123. The summed E-state index contributed by atoms with van der Waals surface area (Å²) in [5.74, 6) is -0.223. The lowest BCUT2D eigenvalue weighted by Gasteiger charge is -2.31. The smallest absolute Gasteiger partial charge is 0.231 e. The number of rotatable bonds is 6. The standard InChI is InChI=1S/C11H22N4O2/c12-5-1-2-11(17)14-9-3-6-15(7-4-9)8-10(13)16/h9H,1-8,12H2,(H2,13,16)(H,14,17). The van der Waals surface area contributed by atoms with E-state index in [-0.39, 0.29) is 17.9 Å². The number of hydrogen-bond donors (Lipinski definition) is 3. The number of carbonyl (C=O) groups is 2. The van der Waals surface area contributed by atoms with Gasteiger partial charge in [-0.25, -0.2) is 0 Å². The van der Waals surface area contributed by atoms with Gasteiger partial charge in [0, 0.05) is 25.6 Å². The Morgan fingerprint density at radius 3 is 2.47 bits per heavy atom. The molecule has 5 N–H and O–H groups in total. The maximum atomic E-state index is 11.5. The number of nitrogens with two attached hydrogens (primary N) is 2. The highest BCUT2D eigenvalue weighted by molar-refractivity contribution is 5.76. The van der Waals surface area contributed by atoms with Gasteiger partial charge in [-0.1, -0.05) is 0 Å². The topological polar surface area (TPSA) is 101 Å². The number of hydrogen-bond acceptors (Lipinski definition) is 4. The second kappa shape index (κ2) is 7.24. The average Bonchev–Trinajstić information content (AvgIpc) is 2.28. The highest BCUT2D eigenvalue weighted by Gasteiger charge is 2.20. The molecule has 0 unspecified atom stereocenters. The van der Waals surface area contributed by atoms with E-state index in [0.717, 1.165) is 32.4 Å². The van der Waals surface area contributed by atoms with Crippen LogP contribution in [0.15, 0.2) is 0 Å². The van der Waals surface area contributed by atoms with E-state index in [1.165, 1.54) is 0 Å². The fraction of sp³-hybridized carbons (Fsp3) is 0.818. The molecule has 0 saturated carbocycles. The third kappa shape index (κ3) is 5.65. The van der Waals surface area contributed by atoms with E-state index >= 15 is 0 Å². The molecular formula is C11H22N4O2. The SMILES string of the molecule is NCCCC(=O)NC1CCN(CC(N)=O)CC1. The first-order chi connectivity index (χ1) is 8.11. The van der Waals surface area contributed by atoms with E-state index in [0.29, 0.717) is 19.5 Å². The molecule has 0 aromatic carbocycles. The van der Waals surface area contributed by atoms with Crippen molar-refractivity contribution < 1.29 is 9.59 Å². The number of likely N-dealkylation sites (tertiary alicyclic amines) is 1. The van der Waals surface area contributed by atoms with Gasteiger partial charge in [0.25, 0.3) is 0 Å². The number of piperidine rings is 1. The molecule has 0 atom stereocenters. The molecule has 0 aromatic rings. The van der Waals surface area contributed by atoms with Gasteiger partial charge >= 0.3 is 0 Å². The Kier molecular flexibility index (Phi) is 5.93. The molecule has 0 spiro atoms. The minimum absolute atomic E-state index is 0.0730. The van der Waals surface area contributed by atoms with Gasteiger partial charge in [-0.3, -0.25) is 14.5 Å². The first-order valence-corrected chi connectivity index (χ1v) is 6.12. The van der Waals surface area contributed by atoms with E-state index in [1.54, 1.807) is 0 Å². The maximum absolute atomic E-state index is 11.5. The third-order valence-corrected chi connectivity index (χ3v) is 2.94. The Bertz CT molecular complexity index is 262. The molecule has 0 bridgehead atoms. The van der Waals surface area contributed by atoms with E-state index in [4.69, 9.17) is 11.5 Å². The molecule has 1 saturated heterocycles. The zero-order valence-electron chi connectivity index (χ0n) is 10.2. The minimum Gasteiger partial charge on any atom is -0.369 e. The van der Waals surface area contributed by atoms with Crippen LogP contribution < -0.4 is 16.8 Å². The molecule has 0 aromatic heterocycles. The predicted octanol–water partition coefficient (Wildman–Crippen LogP) is -1.21. The highest BCUT2D eigenvalue weighted by atomic mass is 16.2. The third-order valence-electron chi connectivity index (χ3n) is 2.94. The van der Waals surface area contributed by atoms with Crippen LogP contribution in [-0.2, 0) is 9.59 Å². The van der Waals surface area contributed by atoms with Crippen molar-refractivity contribution in [3.05, 3.63) is 0 Å². The summed E-state index contributed by atoms with van der Waals surface area (Å²) in [7, 11) is 0. The summed E-state index contributed by atoms with van der Waals surface area (Å²) >= 11 is 0. The van der Waals surface area contributed by atoms with Crippen molar-refractivity contribution in [2.45, 2.75) is 31.7 Å². The van der Waals surface area contributed by atoms with Gasteiger partial charge in [-0.05, 0) is 25.8 Å². The van der Waals surface area contributed by atoms with Gasteiger partial charge < -0.3 is 16.8 Å². The van der Waals surface area contributed by atoms with E-state index < -0.39 is 0 Å². The van der Waals surface area contributed by atoms with Gasteiger partial charge in [-0.15, -0.1) is 0 Å². The quantitative estimate of drug-likeness (QED) is 0.544. The largest absolute Gasteiger partial charge is 0.369 e. The van der Waals surface area contributed by atoms with Crippen LogP contribution in [0, 0.1) is 0 Å². The van der Waals surface area contributed by atoms with Gasteiger partial charge in [0.15, 0.2) is 0 Å². The Morgan fingerprint density at radius 2 is 1.94 bits per heavy atom. The van der Waals surface area contributed by atoms with Gasteiger partial charge in [-0.2, -0.15) is 0 Å². The van der Waals surface area contributed by atoms with Crippen LogP contribution in [-0.4, -0.2) is 48.9 Å². The molecule has 1 rings (SSSR count). The first kappa shape index (κ1) is 13.9. The van der Waals surface area contributed by atoms with Crippen LogP contribution in [0.4, 0.5) is 0 Å². The Labute approximate surface area is 102 Å². The number of nitrogens with one attached hydrogen (secondary N) is 1. The molecule has 98 valence electrons. The first-order valence-electron chi connectivity index (χ1n) is 6.12. The lowest BCUT2D eigenvalue weighted by atomic mass is 10.0. The van der Waals surface area contributed by atoms with Crippen LogP contribution in [0.25, 0.3) is 0 Å². The summed E-state index contributed by atoms with van der Waals surface area (Å²) in [5.41, 5.74) is 10.5. The van der Waals surface area contributed by atoms with Crippen LogP contribution in [0.2, 0.25) is 0 Å². The molecule has 1 fully saturated rings. The molecule has 6 heteroatoms. The zero-order valence-corrected chi connectivity index (χ0v) is 10.2. The summed E-state index contributed by atoms with van der Waals surface area (Å²) in [6.07, 6.45) is 2.98. The molecule has 0 radical (unpaired) electrons. The van der Waals surface area contributed by atoms with Gasteiger partial charge in [0.1, 0.15) is 0 Å².